The van der Waals surface area contributed by atoms with Crippen molar-refractivity contribution in [3.63, 3.8) is 0 Å². The van der Waals surface area contributed by atoms with Crippen molar-refractivity contribution in [1.29, 1.82) is 0 Å². The minimum Gasteiger partial charge on any atom is -0.346 e. The van der Waals surface area contributed by atoms with Gasteiger partial charge in [0.15, 0.2) is 0 Å². The maximum absolute atomic E-state index is 12.5. The number of rotatable bonds is 5. The molecule has 134 valence electrons. The molecule has 0 radical (unpaired) electrons. The number of carbonyl (C=O) groups is 1. The number of carbonyl (C=O) groups excluding carboxylic acids is 1. The predicted molar refractivity (Wildman–Crippen MR) is 103 cm³/mol. The lowest BCUT2D eigenvalue weighted by molar-refractivity contribution is 0.0940. The highest BCUT2D eigenvalue weighted by Crippen LogP contribution is 2.16. The molecule has 4 rings (SSSR count). The fourth-order valence-electron chi connectivity index (χ4n) is 2.91. The van der Waals surface area contributed by atoms with Crippen LogP contribution in [0.1, 0.15) is 28.9 Å². The molecule has 27 heavy (non-hydrogen) atoms. The summed E-state index contributed by atoms with van der Waals surface area (Å²) in [6.07, 6.45) is 7.09. The molecular weight excluding hydrogens is 338 g/mol. The van der Waals surface area contributed by atoms with Crippen molar-refractivity contribution in [2.24, 2.45) is 0 Å². The Morgan fingerprint density at radius 3 is 2.26 bits per heavy atom. The molecule has 1 amide bonds. The van der Waals surface area contributed by atoms with Gasteiger partial charge in [0, 0.05) is 23.6 Å². The number of aromatic nitrogens is 4. The van der Waals surface area contributed by atoms with E-state index in [-0.39, 0.29) is 11.9 Å². The first-order chi connectivity index (χ1) is 13.2. The van der Waals surface area contributed by atoms with Crippen molar-refractivity contribution >= 4 is 5.91 Å². The molecule has 0 spiro atoms. The first kappa shape index (κ1) is 16.8. The fourth-order valence-corrected chi connectivity index (χ4v) is 2.91. The lowest BCUT2D eigenvalue weighted by Crippen LogP contribution is -2.26. The number of hydrogen-bond acceptors (Lipinski definition) is 3. The van der Waals surface area contributed by atoms with Crippen LogP contribution in [0.2, 0.25) is 0 Å². The Labute approximate surface area is 157 Å². The summed E-state index contributed by atoms with van der Waals surface area (Å²) in [5, 5.41) is 7.15. The molecule has 0 saturated carbocycles. The highest BCUT2D eigenvalue weighted by Gasteiger charge is 2.12. The third-order valence-electron chi connectivity index (χ3n) is 4.46. The minimum absolute atomic E-state index is 0.0955. The van der Waals surface area contributed by atoms with E-state index in [1.165, 1.54) is 6.33 Å². The van der Waals surface area contributed by atoms with Crippen LogP contribution in [0.3, 0.4) is 0 Å². The zero-order valence-corrected chi connectivity index (χ0v) is 14.9. The van der Waals surface area contributed by atoms with Crippen LogP contribution in [0.4, 0.5) is 0 Å². The van der Waals surface area contributed by atoms with Gasteiger partial charge in [0.1, 0.15) is 12.7 Å². The molecule has 2 aromatic heterocycles. The van der Waals surface area contributed by atoms with E-state index in [1.807, 2.05) is 84.5 Å². The zero-order valence-electron chi connectivity index (χ0n) is 14.9. The van der Waals surface area contributed by atoms with Crippen molar-refractivity contribution < 1.29 is 4.79 Å². The van der Waals surface area contributed by atoms with Crippen molar-refractivity contribution in [2.45, 2.75) is 13.0 Å². The van der Waals surface area contributed by atoms with Gasteiger partial charge in [-0.2, -0.15) is 5.10 Å². The van der Waals surface area contributed by atoms with Crippen LogP contribution in [0.5, 0.6) is 0 Å². The molecule has 0 aliphatic rings. The summed E-state index contributed by atoms with van der Waals surface area (Å²) in [5.74, 6) is -0.0955. The van der Waals surface area contributed by atoms with Crippen molar-refractivity contribution in [1.82, 2.24) is 24.6 Å². The van der Waals surface area contributed by atoms with Gasteiger partial charge in [-0.1, -0.05) is 12.1 Å². The van der Waals surface area contributed by atoms with Crippen LogP contribution < -0.4 is 5.32 Å². The van der Waals surface area contributed by atoms with Crippen LogP contribution in [-0.2, 0) is 0 Å². The molecular formula is C21H19N5O. The summed E-state index contributed by atoms with van der Waals surface area (Å²) in [4.78, 5) is 16.5. The molecule has 1 unspecified atom stereocenters. The normalized spacial score (nSPS) is 11.9. The van der Waals surface area contributed by atoms with Gasteiger partial charge in [0.25, 0.3) is 5.91 Å². The Bertz CT molecular complexity index is 1000. The van der Waals surface area contributed by atoms with Crippen LogP contribution in [-0.4, -0.2) is 25.2 Å². The van der Waals surface area contributed by atoms with E-state index in [1.54, 1.807) is 11.0 Å². The molecule has 6 heteroatoms. The molecule has 0 saturated heterocycles. The number of benzene rings is 2. The van der Waals surface area contributed by atoms with E-state index in [2.05, 4.69) is 15.4 Å². The number of nitrogens with one attached hydrogen (secondary N) is 1. The second-order valence-electron chi connectivity index (χ2n) is 6.26. The average Bonchev–Trinajstić information content (AvgIpc) is 3.42. The average molecular weight is 357 g/mol. The van der Waals surface area contributed by atoms with E-state index < -0.39 is 0 Å². The van der Waals surface area contributed by atoms with Crippen LogP contribution >= 0.6 is 0 Å². The number of hydrogen-bond donors (Lipinski definition) is 1. The van der Waals surface area contributed by atoms with E-state index in [0.29, 0.717) is 5.56 Å². The van der Waals surface area contributed by atoms with E-state index in [9.17, 15) is 4.79 Å². The van der Waals surface area contributed by atoms with Crippen LogP contribution in [0.15, 0.2) is 85.7 Å². The first-order valence-electron chi connectivity index (χ1n) is 8.70. The summed E-state index contributed by atoms with van der Waals surface area (Å²) >= 11 is 0. The lowest BCUT2D eigenvalue weighted by atomic mass is 10.1. The van der Waals surface area contributed by atoms with E-state index in [4.69, 9.17) is 0 Å². The molecule has 2 aromatic carbocycles. The zero-order chi connectivity index (χ0) is 18.6. The Morgan fingerprint density at radius 1 is 0.963 bits per heavy atom. The smallest absolute Gasteiger partial charge is 0.251 e. The molecule has 2 heterocycles. The van der Waals surface area contributed by atoms with Crippen LogP contribution in [0.25, 0.3) is 11.4 Å². The molecule has 0 aliphatic carbocycles. The number of nitrogens with zero attached hydrogens (tertiary/aromatic N) is 4. The third-order valence-corrected chi connectivity index (χ3v) is 4.46. The summed E-state index contributed by atoms with van der Waals surface area (Å²) in [6, 6.07) is 19.3. The van der Waals surface area contributed by atoms with Gasteiger partial charge < -0.3 is 9.88 Å². The quantitative estimate of drug-likeness (QED) is 0.594. The molecule has 6 nitrogen and oxygen atoms in total. The Morgan fingerprint density at radius 2 is 1.63 bits per heavy atom. The topological polar surface area (TPSA) is 64.7 Å². The van der Waals surface area contributed by atoms with E-state index >= 15 is 0 Å². The van der Waals surface area contributed by atoms with Gasteiger partial charge in [0.05, 0.1) is 11.7 Å². The summed E-state index contributed by atoms with van der Waals surface area (Å²) in [5.41, 5.74) is 3.61. The monoisotopic (exact) mass is 357 g/mol. The van der Waals surface area contributed by atoms with Gasteiger partial charge in [-0.3, -0.25) is 4.79 Å². The molecule has 1 atom stereocenters. The largest absolute Gasteiger partial charge is 0.346 e. The maximum Gasteiger partial charge on any atom is 0.251 e. The molecule has 0 fully saturated rings. The third kappa shape index (κ3) is 3.64. The summed E-state index contributed by atoms with van der Waals surface area (Å²) in [6.45, 7) is 1.97. The summed E-state index contributed by atoms with van der Waals surface area (Å²) in [7, 11) is 0. The SMILES string of the molecule is CC(NC(=O)c1ccc(-n2cccc2)cc1)c1ccc(-n2cncn2)cc1. The van der Waals surface area contributed by atoms with E-state index in [0.717, 1.165) is 16.9 Å². The second kappa shape index (κ2) is 7.29. The minimum atomic E-state index is -0.105. The van der Waals surface area contributed by atoms with Gasteiger partial charge in [-0.15, -0.1) is 0 Å². The maximum atomic E-state index is 12.5. The molecule has 4 aromatic rings. The van der Waals surface area contributed by atoms with Crippen molar-refractivity contribution in [2.75, 3.05) is 0 Å². The van der Waals surface area contributed by atoms with Crippen molar-refractivity contribution in [3.8, 4) is 11.4 Å². The molecule has 0 bridgehead atoms. The Balaban J connectivity index is 1.43. The van der Waals surface area contributed by atoms with Gasteiger partial charge >= 0.3 is 0 Å². The van der Waals surface area contributed by atoms with Crippen LogP contribution in [0, 0.1) is 0 Å². The van der Waals surface area contributed by atoms with Gasteiger partial charge in [0.2, 0.25) is 0 Å². The van der Waals surface area contributed by atoms with Crippen molar-refractivity contribution in [3.05, 3.63) is 96.8 Å². The van der Waals surface area contributed by atoms with Gasteiger partial charge in [-0.05, 0) is 61.0 Å². The van der Waals surface area contributed by atoms with Gasteiger partial charge in [-0.25, -0.2) is 9.67 Å². The summed E-state index contributed by atoms with van der Waals surface area (Å²) < 4.78 is 3.69. The predicted octanol–water partition coefficient (Wildman–Crippen LogP) is 3.55. The Kier molecular flexibility index (Phi) is 4.53. The highest BCUT2D eigenvalue weighted by atomic mass is 16.1. The fraction of sp³-hybridized carbons (Fsp3) is 0.0952. The Hall–Kier alpha value is -3.67. The molecule has 1 N–H and O–H groups in total. The molecule has 0 aliphatic heterocycles. The lowest BCUT2D eigenvalue weighted by Gasteiger charge is -2.15. The first-order valence-corrected chi connectivity index (χ1v) is 8.70. The number of amides is 1. The standard InChI is InChI=1S/C21H19N5O/c1-16(17-4-10-20(11-5-17)26-15-22-14-23-26)24-21(27)18-6-8-19(9-7-18)25-12-2-3-13-25/h2-16H,1H3,(H,24,27). The second-order valence-corrected chi connectivity index (χ2v) is 6.26. The highest BCUT2D eigenvalue weighted by molar-refractivity contribution is 5.94.